The number of nitrogens with zero attached hydrogens (tertiary/aromatic N) is 4. The number of aromatic nitrogens is 4. The standard InChI is InChI=1S/C21H25N5O4/c1-13-10-26(21(30)23-20(13)29)17-11-24(12-18(17)27)19(28)8-5-9-25-14(2)22-15-6-3-4-7-16(15)25/h3-4,6-7,10,17-18,27H,5,8-9,11-12H2,1-2H3,(H,23,29,30)/t17-,18-/m1/s1. The Morgan fingerprint density at radius 1 is 1.23 bits per heavy atom. The van der Waals surface area contributed by atoms with Gasteiger partial charge in [0, 0.05) is 37.8 Å². The number of carbonyl (C=O) groups excluding carboxylic acids is 1. The van der Waals surface area contributed by atoms with Gasteiger partial charge in [0.25, 0.3) is 5.56 Å². The summed E-state index contributed by atoms with van der Waals surface area (Å²) in [5, 5.41) is 10.4. The van der Waals surface area contributed by atoms with Crippen molar-refractivity contribution in [3.8, 4) is 0 Å². The second-order valence-corrected chi connectivity index (χ2v) is 7.81. The minimum atomic E-state index is -0.864. The molecule has 2 atom stereocenters. The summed E-state index contributed by atoms with van der Waals surface area (Å²) in [6, 6.07) is 7.33. The van der Waals surface area contributed by atoms with E-state index in [1.807, 2.05) is 31.2 Å². The fourth-order valence-electron chi connectivity index (χ4n) is 4.10. The normalized spacial score (nSPS) is 19.0. The van der Waals surface area contributed by atoms with Crippen molar-refractivity contribution >= 4 is 16.9 Å². The van der Waals surface area contributed by atoms with Crippen molar-refractivity contribution in [1.82, 2.24) is 24.0 Å². The van der Waals surface area contributed by atoms with Gasteiger partial charge in [0.1, 0.15) is 5.82 Å². The Morgan fingerprint density at radius 2 is 2.00 bits per heavy atom. The molecular formula is C21H25N5O4. The molecule has 158 valence electrons. The smallest absolute Gasteiger partial charge is 0.328 e. The van der Waals surface area contributed by atoms with Crippen molar-refractivity contribution in [3.05, 3.63) is 62.7 Å². The van der Waals surface area contributed by atoms with Crippen LogP contribution >= 0.6 is 0 Å². The molecule has 1 aliphatic heterocycles. The van der Waals surface area contributed by atoms with Crippen molar-refractivity contribution in [3.63, 3.8) is 0 Å². The number of imidazole rings is 1. The predicted molar refractivity (Wildman–Crippen MR) is 111 cm³/mol. The molecule has 1 amide bonds. The lowest BCUT2D eigenvalue weighted by atomic mass is 10.2. The molecule has 0 saturated carbocycles. The Balaban J connectivity index is 1.40. The van der Waals surface area contributed by atoms with Crippen LogP contribution in [0.3, 0.4) is 0 Å². The highest BCUT2D eigenvalue weighted by Gasteiger charge is 2.35. The van der Waals surface area contributed by atoms with Crippen molar-refractivity contribution in [2.75, 3.05) is 13.1 Å². The topological polar surface area (TPSA) is 113 Å². The number of aliphatic hydroxyl groups is 1. The monoisotopic (exact) mass is 411 g/mol. The average Bonchev–Trinajstić information content (AvgIpc) is 3.24. The van der Waals surface area contributed by atoms with Crippen molar-refractivity contribution in [1.29, 1.82) is 0 Å². The molecule has 1 fully saturated rings. The van der Waals surface area contributed by atoms with E-state index in [0.29, 0.717) is 24.9 Å². The van der Waals surface area contributed by atoms with E-state index in [1.54, 1.807) is 11.8 Å². The number of fused-ring (bicyclic) bond motifs is 1. The first-order valence-electron chi connectivity index (χ1n) is 10.0. The molecule has 9 nitrogen and oxygen atoms in total. The van der Waals surface area contributed by atoms with E-state index >= 15 is 0 Å². The van der Waals surface area contributed by atoms with Crippen LogP contribution in [0.2, 0.25) is 0 Å². The van der Waals surface area contributed by atoms with Gasteiger partial charge in [-0.15, -0.1) is 0 Å². The summed E-state index contributed by atoms with van der Waals surface area (Å²) >= 11 is 0. The van der Waals surface area contributed by atoms with E-state index in [-0.39, 0.29) is 19.0 Å². The first-order valence-corrected chi connectivity index (χ1v) is 10.0. The van der Waals surface area contributed by atoms with Gasteiger partial charge in [-0.05, 0) is 32.4 Å². The fourth-order valence-corrected chi connectivity index (χ4v) is 4.10. The van der Waals surface area contributed by atoms with Crippen LogP contribution in [-0.4, -0.2) is 54.2 Å². The largest absolute Gasteiger partial charge is 0.389 e. The number of aliphatic hydroxyl groups excluding tert-OH is 1. The lowest BCUT2D eigenvalue weighted by Crippen LogP contribution is -2.37. The molecule has 9 heteroatoms. The molecule has 2 N–H and O–H groups in total. The Morgan fingerprint density at radius 3 is 2.80 bits per heavy atom. The molecule has 0 unspecified atom stereocenters. The SMILES string of the molecule is Cc1cn([C@@H]2CN(C(=O)CCCn3c(C)nc4ccccc43)C[C@H]2O)c(=O)[nH]c1=O. The Labute approximate surface area is 172 Å². The van der Waals surface area contributed by atoms with Crippen molar-refractivity contribution in [2.24, 2.45) is 0 Å². The van der Waals surface area contributed by atoms with E-state index in [9.17, 15) is 19.5 Å². The molecule has 0 spiro atoms. The van der Waals surface area contributed by atoms with Gasteiger partial charge in [0.15, 0.2) is 0 Å². The molecule has 3 heterocycles. The van der Waals surface area contributed by atoms with Crippen LogP contribution in [-0.2, 0) is 11.3 Å². The number of carbonyl (C=O) groups is 1. The van der Waals surface area contributed by atoms with Crippen LogP contribution in [0.15, 0.2) is 40.1 Å². The molecule has 4 rings (SSSR count). The van der Waals surface area contributed by atoms with E-state index in [1.165, 1.54) is 10.8 Å². The molecule has 0 aliphatic carbocycles. The highest BCUT2D eigenvalue weighted by Crippen LogP contribution is 2.22. The number of hydrogen-bond acceptors (Lipinski definition) is 5. The van der Waals surface area contributed by atoms with E-state index in [4.69, 9.17) is 0 Å². The summed E-state index contributed by atoms with van der Waals surface area (Å²) in [6.45, 7) is 4.63. The third-order valence-electron chi connectivity index (χ3n) is 5.73. The molecule has 0 radical (unpaired) electrons. The number of aromatic amines is 1. The lowest BCUT2D eigenvalue weighted by Gasteiger charge is -2.18. The first-order chi connectivity index (χ1) is 14.3. The minimum Gasteiger partial charge on any atom is -0.389 e. The summed E-state index contributed by atoms with van der Waals surface area (Å²) < 4.78 is 3.42. The summed E-state index contributed by atoms with van der Waals surface area (Å²) in [7, 11) is 0. The number of H-pyrrole nitrogens is 1. The zero-order valence-corrected chi connectivity index (χ0v) is 17.0. The number of rotatable bonds is 5. The maximum Gasteiger partial charge on any atom is 0.328 e. The first kappa shape index (κ1) is 20.1. The lowest BCUT2D eigenvalue weighted by molar-refractivity contribution is -0.130. The summed E-state index contributed by atoms with van der Waals surface area (Å²) in [5.41, 5.74) is 1.35. The van der Waals surface area contributed by atoms with Crippen LogP contribution in [0, 0.1) is 13.8 Å². The average molecular weight is 411 g/mol. The zero-order chi connectivity index (χ0) is 21.4. The van der Waals surface area contributed by atoms with Crippen LogP contribution < -0.4 is 11.2 Å². The second kappa shape index (κ2) is 7.91. The van der Waals surface area contributed by atoms with Gasteiger partial charge < -0.3 is 14.6 Å². The third kappa shape index (κ3) is 3.68. The van der Waals surface area contributed by atoms with Gasteiger partial charge in [-0.3, -0.25) is 19.1 Å². The molecule has 1 saturated heterocycles. The second-order valence-electron chi connectivity index (χ2n) is 7.81. The van der Waals surface area contributed by atoms with Crippen LogP contribution in [0.4, 0.5) is 0 Å². The number of para-hydroxylation sites is 2. The molecule has 1 aromatic carbocycles. The van der Waals surface area contributed by atoms with Crippen molar-refractivity contribution < 1.29 is 9.90 Å². The van der Waals surface area contributed by atoms with Gasteiger partial charge in [-0.25, -0.2) is 9.78 Å². The summed E-state index contributed by atoms with van der Waals surface area (Å²) in [6.07, 6.45) is 1.56. The fraction of sp³-hybridized carbons (Fsp3) is 0.429. The Hall–Kier alpha value is -3.20. The number of nitrogens with one attached hydrogen (secondary N) is 1. The van der Waals surface area contributed by atoms with Gasteiger partial charge in [0.2, 0.25) is 5.91 Å². The number of hydrogen-bond donors (Lipinski definition) is 2. The minimum absolute atomic E-state index is 0.0622. The van der Waals surface area contributed by atoms with E-state index in [0.717, 1.165) is 16.9 Å². The predicted octanol–water partition coefficient (Wildman–Crippen LogP) is 0.728. The maximum absolute atomic E-state index is 12.7. The van der Waals surface area contributed by atoms with Gasteiger partial charge in [-0.2, -0.15) is 0 Å². The highest BCUT2D eigenvalue weighted by atomic mass is 16.3. The molecular weight excluding hydrogens is 386 g/mol. The Kier molecular flexibility index (Phi) is 5.29. The number of amides is 1. The maximum atomic E-state index is 12.7. The van der Waals surface area contributed by atoms with E-state index in [2.05, 4.69) is 14.5 Å². The number of likely N-dealkylation sites (tertiary alicyclic amines) is 1. The van der Waals surface area contributed by atoms with Gasteiger partial charge >= 0.3 is 5.69 Å². The summed E-state index contributed by atoms with van der Waals surface area (Å²) in [4.78, 5) is 44.8. The molecule has 1 aliphatic rings. The summed E-state index contributed by atoms with van der Waals surface area (Å²) in [5.74, 6) is 0.848. The van der Waals surface area contributed by atoms with Crippen LogP contribution in [0.1, 0.15) is 30.3 Å². The Bertz CT molecular complexity index is 1210. The molecule has 30 heavy (non-hydrogen) atoms. The molecule has 0 bridgehead atoms. The van der Waals surface area contributed by atoms with Gasteiger partial charge in [-0.1, -0.05) is 12.1 Å². The molecule has 2 aromatic heterocycles. The van der Waals surface area contributed by atoms with Gasteiger partial charge in [0.05, 0.1) is 23.2 Å². The third-order valence-corrected chi connectivity index (χ3v) is 5.73. The molecule has 3 aromatic rings. The number of benzene rings is 1. The number of aryl methyl sites for hydroxylation is 3. The number of β-amino-alcohol motifs (C(OH)–C–C–N with tert-alkyl or cyclic N) is 1. The highest BCUT2D eigenvalue weighted by molar-refractivity contribution is 5.77. The quantitative estimate of drug-likeness (QED) is 0.643. The van der Waals surface area contributed by atoms with Crippen LogP contribution in [0.5, 0.6) is 0 Å². The zero-order valence-electron chi connectivity index (χ0n) is 17.0. The van der Waals surface area contributed by atoms with Crippen LogP contribution in [0.25, 0.3) is 11.0 Å². The van der Waals surface area contributed by atoms with Crippen molar-refractivity contribution in [2.45, 2.75) is 45.4 Å². The van der Waals surface area contributed by atoms with E-state index < -0.39 is 23.4 Å².